The third kappa shape index (κ3) is 4.67. The molecule has 3 aromatic rings. The molecule has 3 rings (SSSR count). The molecule has 0 unspecified atom stereocenters. The van der Waals surface area contributed by atoms with Gasteiger partial charge in [-0.2, -0.15) is 0 Å². The highest BCUT2D eigenvalue weighted by atomic mass is 35.5. The van der Waals surface area contributed by atoms with Gasteiger partial charge in [0, 0.05) is 37.7 Å². The molecule has 0 aliphatic carbocycles. The van der Waals surface area contributed by atoms with Gasteiger partial charge < -0.3 is 11.1 Å². The van der Waals surface area contributed by atoms with E-state index in [1.165, 1.54) is 29.6 Å². The molecule has 0 radical (unpaired) electrons. The van der Waals surface area contributed by atoms with Crippen LogP contribution in [0.4, 0.5) is 9.39 Å². The van der Waals surface area contributed by atoms with E-state index in [0.29, 0.717) is 26.2 Å². The van der Waals surface area contributed by atoms with Gasteiger partial charge in [0.15, 0.2) is 0 Å². The van der Waals surface area contributed by atoms with Gasteiger partial charge in [0.2, 0.25) is 5.91 Å². The summed E-state index contributed by atoms with van der Waals surface area (Å²) in [5, 5.41) is 3.75. The maximum Gasteiger partial charge on any atom is 0.252 e. The van der Waals surface area contributed by atoms with Crippen LogP contribution in [-0.2, 0) is 4.79 Å². The van der Waals surface area contributed by atoms with E-state index in [-0.39, 0.29) is 11.1 Å². The SMILES string of the molecule is Cc1sc(NC(=O)C=Cc2ccccc2F)c(C(N)=O)c1-c1ccc(Cl)cc1Cl. The van der Waals surface area contributed by atoms with Crippen LogP contribution < -0.4 is 11.1 Å². The molecule has 2 amide bonds. The van der Waals surface area contributed by atoms with Crippen molar-refractivity contribution in [1.82, 2.24) is 0 Å². The molecule has 0 bridgehead atoms. The lowest BCUT2D eigenvalue weighted by molar-refractivity contribution is -0.111. The minimum absolute atomic E-state index is 0.157. The molecule has 0 aliphatic heterocycles. The van der Waals surface area contributed by atoms with Crippen LogP contribution >= 0.6 is 34.5 Å². The van der Waals surface area contributed by atoms with E-state index in [1.54, 1.807) is 43.3 Å². The number of carbonyl (C=O) groups is 2. The smallest absolute Gasteiger partial charge is 0.252 e. The summed E-state index contributed by atoms with van der Waals surface area (Å²) in [7, 11) is 0. The van der Waals surface area contributed by atoms with E-state index in [2.05, 4.69) is 5.32 Å². The summed E-state index contributed by atoms with van der Waals surface area (Å²) in [5.74, 6) is -1.67. The molecule has 2 aromatic carbocycles. The number of primary amides is 1. The quantitative estimate of drug-likeness (QED) is 0.475. The van der Waals surface area contributed by atoms with Crippen molar-refractivity contribution in [2.75, 3.05) is 5.32 Å². The number of nitrogens with one attached hydrogen (secondary N) is 1. The second-order valence-corrected chi connectivity index (χ2v) is 8.14. The molecule has 0 atom stereocenters. The second kappa shape index (κ2) is 8.78. The molecule has 0 saturated carbocycles. The number of thiophene rings is 1. The molecule has 0 spiro atoms. The first-order valence-corrected chi connectivity index (χ1v) is 9.97. The van der Waals surface area contributed by atoms with E-state index < -0.39 is 17.6 Å². The lowest BCUT2D eigenvalue weighted by atomic mass is 10.0. The van der Waals surface area contributed by atoms with Gasteiger partial charge in [-0.25, -0.2) is 4.39 Å². The van der Waals surface area contributed by atoms with Gasteiger partial charge in [-0.15, -0.1) is 11.3 Å². The maximum absolute atomic E-state index is 13.7. The van der Waals surface area contributed by atoms with Crippen LogP contribution in [0.2, 0.25) is 10.0 Å². The van der Waals surface area contributed by atoms with Gasteiger partial charge in [0.25, 0.3) is 5.91 Å². The molecule has 0 aliphatic rings. The van der Waals surface area contributed by atoms with E-state index in [9.17, 15) is 14.0 Å². The van der Waals surface area contributed by atoms with E-state index in [4.69, 9.17) is 28.9 Å². The Morgan fingerprint density at radius 3 is 2.55 bits per heavy atom. The lowest BCUT2D eigenvalue weighted by Crippen LogP contribution is -2.16. The molecule has 148 valence electrons. The number of rotatable bonds is 5. The third-order valence-corrected chi connectivity index (χ3v) is 5.66. The van der Waals surface area contributed by atoms with E-state index in [1.807, 2.05) is 0 Å². The third-order valence-electron chi connectivity index (χ3n) is 4.09. The number of hydrogen-bond donors (Lipinski definition) is 2. The summed E-state index contributed by atoms with van der Waals surface area (Å²) in [5.41, 5.74) is 7.14. The monoisotopic (exact) mass is 448 g/mol. The van der Waals surface area contributed by atoms with Crippen LogP contribution in [0.3, 0.4) is 0 Å². The zero-order valence-electron chi connectivity index (χ0n) is 15.1. The van der Waals surface area contributed by atoms with Crippen molar-refractivity contribution in [3.05, 3.63) is 80.4 Å². The summed E-state index contributed by atoms with van der Waals surface area (Å²) in [4.78, 5) is 25.2. The van der Waals surface area contributed by atoms with Crippen molar-refractivity contribution >= 4 is 57.4 Å². The number of halogens is 3. The first-order valence-electron chi connectivity index (χ1n) is 8.40. The molecule has 3 N–H and O–H groups in total. The summed E-state index contributed by atoms with van der Waals surface area (Å²) < 4.78 is 13.7. The Balaban J connectivity index is 1.95. The zero-order valence-corrected chi connectivity index (χ0v) is 17.5. The van der Waals surface area contributed by atoms with Gasteiger partial charge in [0.05, 0.1) is 5.56 Å². The Kier molecular flexibility index (Phi) is 6.37. The molecule has 1 aromatic heterocycles. The summed E-state index contributed by atoms with van der Waals surface area (Å²) in [6, 6.07) is 11.0. The number of hydrogen-bond acceptors (Lipinski definition) is 3. The van der Waals surface area contributed by atoms with Crippen molar-refractivity contribution in [3.8, 4) is 11.1 Å². The Hall–Kier alpha value is -2.67. The predicted molar refractivity (Wildman–Crippen MR) is 117 cm³/mol. The molecule has 4 nitrogen and oxygen atoms in total. The molecular formula is C21H15Cl2FN2O2S. The number of amides is 2. The minimum atomic E-state index is -0.705. The lowest BCUT2D eigenvalue weighted by Gasteiger charge is -2.08. The fraction of sp³-hybridized carbons (Fsp3) is 0.0476. The maximum atomic E-state index is 13.7. The van der Waals surface area contributed by atoms with Gasteiger partial charge >= 0.3 is 0 Å². The molecule has 29 heavy (non-hydrogen) atoms. The van der Waals surface area contributed by atoms with E-state index >= 15 is 0 Å². The Morgan fingerprint density at radius 1 is 1.17 bits per heavy atom. The zero-order chi connectivity index (χ0) is 21.1. The molecule has 0 saturated heterocycles. The fourth-order valence-corrected chi connectivity index (χ4v) is 4.39. The topological polar surface area (TPSA) is 72.2 Å². The number of benzene rings is 2. The second-order valence-electron chi connectivity index (χ2n) is 6.07. The highest BCUT2D eigenvalue weighted by molar-refractivity contribution is 7.17. The average Bonchev–Trinajstić information content (AvgIpc) is 2.97. The normalized spacial score (nSPS) is 11.0. The van der Waals surface area contributed by atoms with Crippen LogP contribution in [0.5, 0.6) is 0 Å². The Bertz CT molecular complexity index is 1140. The number of aryl methyl sites for hydroxylation is 1. The highest BCUT2D eigenvalue weighted by Gasteiger charge is 2.23. The average molecular weight is 449 g/mol. The van der Waals surface area contributed by atoms with Gasteiger partial charge in [-0.05, 0) is 31.2 Å². The van der Waals surface area contributed by atoms with E-state index in [0.717, 1.165) is 4.88 Å². The van der Waals surface area contributed by atoms with Crippen LogP contribution in [0.1, 0.15) is 20.8 Å². The van der Waals surface area contributed by atoms with Crippen LogP contribution in [0.25, 0.3) is 17.2 Å². The van der Waals surface area contributed by atoms with Crippen molar-refractivity contribution in [3.63, 3.8) is 0 Å². The van der Waals surface area contributed by atoms with Crippen LogP contribution in [0, 0.1) is 12.7 Å². The van der Waals surface area contributed by atoms with Crippen LogP contribution in [-0.4, -0.2) is 11.8 Å². The number of nitrogens with two attached hydrogens (primary N) is 1. The van der Waals surface area contributed by atoms with Crippen LogP contribution in [0.15, 0.2) is 48.5 Å². The first kappa shape index (κ1) is 21.0. The number of carbonyl (C=O) groups excluding carboxylic acids is 2. The largest absolute Gasteiger partial charge is 0.365 e. The Morgan fingerprint density at radius 2 is 1.90 bits per heavy atom. The highest BCUT2D eigenvalue weighted by Crippen LogP contribution is 2.42. The summed E-state index contributed by atoms with van der Waals surface area (Å²) in [6.07, 6.45) is 2.54. The van der Waals surface area contributed by atoms with Gasteiger partial charge in [0.1, 0.15) is 10.8 Å². The Labute approximate surface area is 180 Å². The minimum Gasteiger partial charge on any atom is -0.365 e. The number of anilines is 1. The van der Waals surface area contributed by atoms with Crippen molar-refractivity contribution in [2.45, 2.75) is 6.92 Å². The molecular weight excluding hydrogens is 434 g/mol. The van der Waals surface area contributed by atoms with Gasteiger partial charge in [-0.3, -0.25) is 9.59 Å². The van der Waals surface area contributed by atoms with Gasteiger partial charge in [-0.1, -0.05) is 47.5 Å². The standard InChI is InChI=1S/C21H15Cl2FN2O2S/c1-11-18(14-8-7-13(22)10-15(14)23)19(20(25)28)21(29-11)26-17(27)9-6-12-4-2-3-5-16(12)24/h2-10H,1H3,(H2,25,28)(H,26,27). The summed E-state index contributed by atoms with van der Waals surface area (Å²) in [6.45, 7) is 1.79. The van der Waals surface area contributed by atoms with Crippen molar-refractivity contribution < 1.29 is 14.0 Å². The fourth-order valence-electron chi connectivity index (χ4n) is 2.81. The van der Waals surface area contributed by atoms with Crippen molar-refractivity contribution in [1.29, 1.82) is 0 Å². The molecule has 8 heteroatoms. The summed E-state index contributed by atoms with van der Waals surface area (Å²) >= 11 is 13.4. The van der Waals surface area contributed by atoms with Crippen molar-refractivity contribution in [2.24, 2.45) is 5.73 Å². The molecule has 1 heterocycles. The predicted octanol–water partition coefficient (Wildman–Crippen LogP) is 5.92. The first-order chi connectivity index (χ1) is 13.8. The molecule has 0 fully saturated rings.